The number of alkyl halides is 3. The molecule has 1 aromatic carbocycles. The number of nitrogen functional groups attached to an aromatic ring is 1. The number of carboxylic acids is 1. The van der Waals surface area contributed by atoms with Crippen molar-refractivity contribution in [2.24, 2.45) is 0 Å². The summed E-state index contributed by atoms with van der Waals surface area (Å²) >= 11 is 0. The van der Waals surface area contributed by atoms with Gasteiger partial charge in [0.1, 0.15) is 17.0 Å². The number of hydrogen-bond donors (Lipinski definition) is 2. The van der Waals surface area contributed by atoms with Crippen LogP contribution in [0.1, 0.15) is 25.7 Å². The van der Waals surface area contributed by atoms with Crippen molar-refractivity contribution in [3.8, 4) is 11.3 Å². The van der Waals surface area contributed by atoms with Crippen molar-refractivity contribution < 1.29 is 31.9 Å². The number of benzene rings is 1. The molecule has 0 fully saturated rings. The molecule has 2 aromatic heterocycles. The lowest BCUT2D eigenvalue weighted by Gasteiger charge is -2.11. The number of imidazole rings is 1. The maximum Gasteiger partial charge on any atom is 0.490 e. The van der Waals surface area contributed by atoms with Crippen LogP contribution >= 0.6 is 0 Å². The molecule has 0 aliphatic carbocycles. The first-order chi connectivity index (χ1) is 13.3. The standard InChI is InChI=1S/C15H15F2N5.C2HF3O2/c1-7(2)22-8(3)20-14-10(16)4-9(5-12(14)22)13-11(17)6-19-15(18)21-13;3-2(4,5)1(6)7/h4-7H,1-3H3,(H2,18,19,21);(H,6,7). The van der Waals surface area contributed by atoms with Crippen LogP contribution in [0.5, 0.6) is 0 Å². The minimum absolute atomic E-state index is 0.0255. The van der Waals surface area contributed by atoms with Crippen molar-refractivity contribution in [1.82, 2.24) is 19.5 Å². The number of nitrogens with zero attached hydrogens (tertiary/aromatic N) is 4. The Labute approximate surface area is 161 Å². The van der Waals surface area contributed by atoms with Crippen LogP contribution in [0.15, 0.2) is 18.3 Å². The number of fused-ring (bicyclic) bond motifs is 1. The minimum Gasteiger partial charge on any atom is -0.475 e. The predicted octanol–water partition coefficient (Wildman–Crippen LogP) is 3.88. The summed E-state index contributed by atoms with van der Waals surface area (Å²) in [5.41, 5.74) is 6.63. The van der Waals surface area contributed by atoms with Gasteiger partial charge in [-0.25, -0.2) is 28.5 Å². The monoisotopic (exact) mass is 417 g/mol. The maximum atomic E-state index is 14.3. The van der Waals surface area contributed by atoms with Gasteiger partial charge in [0.05, 0.1) is 11.7 Å². The van der Waals surface area contributed by atoms with Crippen LogP contribution < -0.4 is 5.73 Å². The Balaban J connectivity index is 0.000000370. The van der Waals surface area contributed by atoms with E-state index in [2.05, 4.69) is 15.0 Å². The number of aromatic nitrogens is 4. The molecule has 12 heteroatoms. The van der Waals surface area contributed by atoms with Gasteiger partial charge in [-0.05, 0) is 32.9 Å². The van der Waals surface area contributed by atoms with Gasteiger partial charge in [-0.2, -0.15) is 13.2 Å². The second-order valence-corrected chi connectivity index (χ2v) is 6.18. The largest absolute Gasteiger partial charge is 0.490 e. The summed E-state index contributed by atoms with van der Waals surface area (Å²) in [6, 6.07) is 2.98. The van der Waals surface area contributed by atoms with Crippen LogP contribution in [0.2, 0.25) is 0 Å². The second kappa shape index (κ2) is 7.97. The van der Waals surface area contributed by atoms with Gasteiger partial charge in [0, 0.05) is 11.6 Å². The van der Waals surface area contributed by atoms with Crippen LogP contribution in [0, 0.1) is 18.6 Å². The summed E-state index contributed by atoms with van der Waals surface area (Å²) in [5.74, 6) is -3.30. The second-order valence-electron chi connectivity index (χ2n) is 6.18. The number of nitrogens with two attached hydrogens (primary N) is 1. The van der Waals surface area contributed by atoms with E-state index in [4.69, 9.17) is 15.6 Å². The number of halogens is 5. The van der Waals surface area contributed by atoms with Crippen molar-refractivity contribution >= 4 is 23.0 Å². The number of hydrogen-bond acceptors (Lipinski definition) is 5. The molecule has 0 bridgehead atoms. The first kappa shape index (κ1) is 22.0. The number of anilines is 1. The third kappa shape index (κ3) is 4.76. The van der Waals surface area contributed by atoms with Crippen molar-refractivity contribution in [1.29, 1.82) is 0 Å². The molecule has 156 valence electrons. The normalized spacial score (nSPS) is 11.5. The summed E-state index contributed by atoms with van der Waals surface area (Å²) in [7, 11) is 0. The lowest BCUT2D eigenvalue weighted by Crippen LogP contribution is -2.21. The Morgan fingerprint density at radius 3 is 2.28 bits per heavy atom. The van der Waals surface area contributed by atoms with Crippen LogP contribution in [-0.4, -0.2) is 36.8 Å². The average molecular weight is 417 g/mol. The lowest BCUT2D eigenvalue weighted by molar-refractivity contribution is -0.192. The predicted molar refractivity (Wildman–Crippen MR) is 93.9 cm³/mol. The van der Waals surface area contributed by atoms with Gasteiger partial charge < -0.3 is 15.4 Å². The van der Waals surface area contributed by atoms with Crippen LogP contribution in [0.25, 0.3) is 22.3 Å². The first-order valence-electron chi connectivity index (χ1n) is 8.09. The molecule has 0 aliphatic heterocycles. The number of carboxylic acid groups (broad SMARTS) is 1. The molecule has 0 unspecified atom stereocenters. The molecule has 0 amide bonds. The third-order valence-electron chi connectivity index (χ3n) is 3.72. The summed E-state index contributed by atoms with van der Waals surface area (Å²) < 4.78 is 61.9. The first-order valence-corrected chi connectivity index (χ1v) is 8.09. The van der Waals surface area contributed by atoms with Crippen molar-refractivity contribution in [2.75, 3.05) is 5.73 Å². The molecule has 0 atom stereocenters. The van der Waals surface area contributed by atoms with E-state index in [9.17, 15) is 22.0 Å². The summed E-state index contributed by atoms with van der Waals surface area (Å²) in [5, 5.41) is 7.12. The Hall–Kier alpha value is -3.31. The van der Waals surface area contributed by atoms with E-state index in [1.54, 1.807) is 6.07 Å². The van der Waals surface area contributed by atoms with Gasteiger partial charge in [-0.1, -0.05) is 0 Å². The molecule has 2 heterocycles. The molecule has 0 saturated heterocycles. The Morgan fingerprint density at radius 1 is 1.17 bits per heavy atom. The van der Waals surface area contributed by atoms with Gasteiger partial charge in [0.15, 0.2) is 11.6 Å². The van der Waals surface area contributed by atoms with Crippen LogP contribution in [0.3, 0.4) is 0 Å². The van der Waals surface area contributed by atoms with Gasteiger partial charge in [0.2, 0.25) is 5.95 Å². The highest BCUT2D eigenvalue weighted by molar-refractivity contribution is 5.83. The fourth-order valence-corrected chi connectivity index (χ4v) is 2.64. The van der Waals surface area contributed by atoms with Crippen molar-refractivity contribution in [3.05, 3.63) is 35.8 Å². The number of rotatable bonds is 2. The molecule has 3 rings (SSSR count). The van der Waals surface area contributed by atoms with Crippen molar-refractivity contribution in [2.45, 2.75) is 33.0 Å². The summed E-state index contributed by atoms with van der Waals surface area (Å²) in [6.45, 7) is 5.76. The van der Waals surface area contributed by atoms with E-state index in [1.165, 1.54) is 6.07 Å². The van der Waals surface area contributed by atoms with E-state index in [0.717, 1.165) is 6.20 Å². The maximum absolute atomic E-state index is 14.3. The van der Waals surface area contributed by atoms with E-state index < -0.39 is 23.8 Å². The molecule has 0 saturated carbocycles. The highest BCUT2D eigenvalue weighted by Crippen LogP contribution is 2.29. The Bertz CT molecular complexity index is 1060. The molecule has 0 aliphatic rings. The SMILES string of the molecule is Cc1nc2c(F)cc(-c3nc(N)ncc3F)cc2n1C(C)C.O=C(O)C(F)(F)F. The van der Waals surface area contributed by atoms with E-state index >= 15 is 0 Å². The molecule has 3 aromatic rings. The quantitative estimate of drug-likeness (QED) is 0.613. The fourth-order valence-electron chi connectivity index (χ4n) is 2.64. The zero-order valence-corrected chi connectivity index (χ0v) is 15.4. The van der Waals surface area contributed by atoms with Gasteiger partial charge >= 0.3 is 12.1 Å². The Kier molecular flexibility index (Phi) is 6.04. The molecule has 0 radical (unpaired) electrons. The smallest absolute Gasteiger partial charge is 0.475 e. The van der Waals surface area contributed by atoms with Crippen LogP contribution in [0.4, 0.5) is 27.9 Å². The lowest BCUT2D eigenvalue weighted by atomic mass is 10.1. The van der Waals surface area contributed by atoms with Crippen molar-refractivity contribution in [3.63, 3.8) is 0 Å². The van der Waals surface area contributed by atoms with E-state index in [-0.39, 0.29) is 23.2 Å². The van der Waals surface area contributed by atoms with Gasteiger partial charge in [-0.3, -0.25) is 0 Å². The fraction of sp³-hybridized carbons (Fsp3) is 0.294. The number of aryl methyl sites for hydroxylation is 1. The molecular formula is C17H16F5N5O2. The highest BCUT2D eigenvalue weighted by Gasteiger charge is 2.38. The number of aliphatic carboxylic acids is 1. The Morgan fingerprint density at radius 2 is 1.76 bits per heavy atom. The summed E-state index contributed by atoms with van der Waals surface area (Å²) in [4.78, 5) is 20.6. The zero-order valence-electron chi connectivity index (χ0n) is 15.4. The molecule has 7 nitrogen and oxygen atoms in total. The molecular weight excluding hydrogens is 401 g/mol. The molecule has 0 spiro atoms. The zero-order chi connectivity index (χ0) is 22.1. The van der Waals surface area contributed by atoms with Gasteiger partial charge in [-0.15, -0.1) is 0 Å². The molecule has 29 heavy (non-hydrogen) atoms. The van der Waals surface area contributed by atoms with E-state index in [1.807, 2.05) is 25.3 Å². The topological polar surface area (TPSA) is 107 Å². The number of carbonyl (C=O) groups is 1. The average Bonchev–Trinajstić information content (AvgIpc) is 2.93. The van der Waals surface area contributed by atoms with Gasteiger partial charge in [0.25, 0.3) is 0 Å². The highest BCUT2D eigenvalue weighted by atomic mass is 19.4. The van der Waals surface area contributed by atoms with E-state index in [0.29, 0.717) is 16.9 Å². The summed E-state index contributed by atoms with van der Waals surface area (Å²) in [6.07, 6.45) is -4.11. The third-order valence-corrected chi connectivity index (χ3v) is 3.72. The minimum atomic E-state index is -5.08. The van der Waals surface area contributed by atoms with Crippen LogP contribution in [-0.2, 0) is 4.79 Å². The molecule has 3 N–H and O–H groups in total.